The Kier molecular flexibility index (Phi) is 5.55. The van der Waals surface area contributed by atoms with Crippen LogP contribution in [-0.4, -0.2) is 58.3 Å². The zero-order valence-corrected chi connectivity index (χ0v) is 13.6. The summed E-state index contributed by atoms with van der Waals surface area (Å²) in [4.78, 5) is 31.2. The molecule has 1 spiro atoms. The Hall–Kier alpha value is -2.42. The minimum absolute atomic E-state index is 0.0512. The van der Waals surface area contributed by atoms with Crippen LogP contribution in [0.15, 0.2) is 6.07 Å². The van der Waals surface area contributed by atoms with Crippen molar-refractivity contribution in [2.45, 2.75) is 32.3 Å². The number of aliphatic hydroxyl groups excluding tert-OH is 1. The molecule has 0 bridgehead atoms. The van der Waals surface area contributed by atoms with Crippen molar-refractivity contribution in [3.05, 3.63) is 11.9 Å². The van der Waals surface area contributed by atoms with Crippen LogP contribution in [0.2, 0.25) is 0 Å². The Morgan fingerprint density at radius 3 is 2.83 bits per heavy atom. The summed E-state index contributed by atoms with van der Waals surface area (Å²) >= 11 is 0. The van der Waals surface area contributed by atoms with Crippen LogP contribution < -0.4 is 16.0 Å². The third-order valence-electron chi connectivity index (χ3n) is 4.49. The second-order valence-electron chi connectivity index (χ2n) is 6.05. The van der Waals surface area contributed by atoms with Gasteiger partial charge in [0.2, 0.25) is 5.91 Å². The minimum atomic E-state index is -0.732. The number of nitrogens with one attached hydrogen (secondary N) is 1. The number of aromatic nitrogens is 2. The monoisotopic (exact) mass is 337 g/mol. The number of nitrogens with two attached hydrogens (primary N) is 1. The fourth-order valence-electron chi connectivity index (χ4n) is 3.38. The number of carbonyl (C=O) groups excluding carboxylic acids is 1. The van der Waals surface area contributed by atoms with Gasteiger partial charge in [-0.05, 0) is 26.2 Å². The van der Waals surface area contributed by atoms with Crippen LogP contribution >= 0.6 is 0 Å². The fraction of sp³-hybridized carbons (Fsp3) is 0.600. The zero-order chi connectivity index (χ0) is 17.7. The SMILES string of the molecule is Cc1nc(N)cc(N2CC[C@@H](O)[C@@]3(CCCNC3=O)C2)n1.O=CO. The summed E-state index contributed by atoms with van der Waals surface area (Å²) in [7, 11) is 0. The Balaban J connectivity index is 0.000000647. The average molecular weight is 337 g/mol. The van der Waals surface area contributed by atoms with Crippen molar-refractivity contribution < 1.29 is 19.8 Å². The summed E-state index contributed by atoms with van der Waals surface area (Å²) in [5, 5.41) is 20.2. The van der Waals surface area contributed by atoms with Gasteiger partial charge >= 0.3 is 0 Å². The molecular weight excluding hydrogens is 314 g/mol. The molecule has 1 amide bonds. The van der Waals surface area contributed by atoms with Gasteiger partial charge in [-0.2, -0.15) is 0 Å². The summed E-state index contributed by atoms with van der Waals surface area (Å²) in [5.74, 6) is 1.71. The molecule has 2 aliphatic heterocycles. The quantitative estimate of drug-likeness (QED) is 0.504. The van der Waals surface area contributed by atoms with Crippen molar-refractivity contribution in [1.29, 1.82) is 0 Å². The van der Waals surface area contributed by atoms with Crippen LogP contribution in [-0.2, 0) is 9.59 Å². The molecule has 1 aromatic rings. The molecule has 5 N–H and O–H groups in total. The normalized spacial score (nSPS) is 26.3. The van der Waals surface area contributed by atoms with Gasteiger partial charge < -0.3 is 26.2 Å². The maximum absolute atomic E-state index is 12.3. The minimum Gasteiger partial charge on any atom is -0.483 e. The predicted octanol–water partition coefficient (Wildman–Crippen LogP) is -0.465. The topological polar surface area (TPSA) is 142 Å². The van der Waals surface area contributed by atoms with Crippen LogP contribution in [0.1, 0.15) is 25.1 Å². The molecule has 0 unspecified atom stereocenters. The Bertz CT molecular complexity index is 591. The number of hydrogen-bond donors (Lipinski definition) is 4. The molecule has 0 aliphatic carbocycles. The van der Waals surface area contributed by atoms with Gasteiger partial charge in [-0.3, -0.25) is 9.59 Å². The highest BCUT2D eigenvalue weighted by Crippen LogP contribution is 2.38. The molecule has 2 fully saturated rings. The first kappa shape index (κ1) is 17.9. The Morgan fingerprint density at radius 2 is 2.21 bits per heavy atom. The highest BCUT2D eigenvalue weighted by atomic mass is 16.3. The molecule has 9 nitrogen and oxygen atoms in total. The molecule has 1 aromatic heterocycles. The number of carboxylic acid groups (broad SMARTS) is 1. The second-order valence-corrected chi connectivity index (χ2v) is 6.05. The summed E-state index contributed by atoms with van der Waals surface area (Å²) in [5.41, 5.74) is 5.05. The Morgan fingerprint density at radius 1 is 1.50 bits per heavy atom. The summed E-state index contributed by atoms with van der Waals surface area (Å²) in [6, 6.07) is 1.72. The molecular formula is C15H23N5O4. The molecule has 0 saturated carbocycles. The average Bonchev–Trinajstić information content (AvgIpc) is 2.52. The molecule has 0 radical (unpaired) electrons. The lowest BCUT2D eigenvalue weighted by Gasteiger charge is -2.47. The molecule has 3 rings (SSSR count). The van der Waals surface area contributed by atoms with Crippen molar-refractivity contribution in [3.63, 3.8) is 0 Å². The van der Waals surface area contributed by atoms with Gasteiger partial charge in [0.1, 0.15) is 17.5 Å². The fourth-order valence-corrected chi connectivity index (χ4v) is 3.38. The number of rotatable bonds is 1. The maximum Gasteiger partial charge on any atom is 0.290 e. The molecule has 3 heterocycles. The molecule has 0 aromatic carbocycles. The van der Waals surface area contributed by atoms with Crippen LogP contribution in [0.25, 0.3) is 0 Å². The predicted molar refractivity (Wildman–Crippen MR) is 87.4 cm³/mol. The standard InChI is InChI=1S/C14H21N5O2.CH2O2/c1-9-17-11(15)7-12(18-9)19-6-3-10(20)14(8-19)4-2-5-16-13(14)21;2-1-3/h7,10,20H,2-6,8H2,1H3,(H,16,21)(H2,15,17,18);1H,(H,2,3)/t10-,14-;/m1./s1. The highest BCUT2D eigenvalue weighted by Gasteiger charge is 2.50. The van der Waals surface area contributed by atoms with Crippen molar-refractivity contribution in [1.82, 2.24) is 15.3 Å². The first-order chi connectivity index (χ1) is 11.4. The van der Waals surface area contributed by atoms with Crippen molar-refractivity contribution in [2.75, 3.05) is 30.3 Å². The first-order valence-electron chi connectivity index (χ1n) is 7.83. The van der Waals surface area contributed by atoms with Gasteiger partial charge in [-0.1, -0.05) is 0 Å². The van der Waals surface area contributed by atoms with E-state index in [1.54, 1.807) is 13.0 Å². The molecule has 2 atom stereocenters. The smallest absolute Gasteiger partial charge is 0.290 e. The van der Waals surface area contributed by atoms with Crippen LogP contribution in [0.4, 0.5) is 11.6 Å². The lowest BCUT2D eigenvalue weighted by Crippen LogP contribution is -2.61. The molecule has 132 valence electrons. The first-order valence-corrected chi connectivity index (χ1v) is 7.83. The zero-order valence-electron chi connectivity index (χ0n) is 13.6. The van der Waals surface area contributed by atoms with E-state index >= 15 is 0 Å². The van der Waals surface area contributed by atoms with Gasteiger partial charge in [0.15, 0.2) is 0 Å². The number of carbonyl (C=O) groups is 2. The summed E-state index contributed by atoms with van der Waals surface area (Å²) in [6.45, 7) is 3.36. The van der Waals surface area contributed by atoms with E-state index in [-0.39, 0.29) is 12.4 Å². The van der Waals surface area contributed by atoms with Gasteiger partial charge in [0.05, 0.1) is 11.5 Å². The van der Waals surface area contributed by atoms with Crippen LogP contribution in [0.5, 0.6) is 0 Å². The van der Waals surface area contributed by atoms with Crippen molar-refractivity contribution >= 4 is 24.0 Å². The van der Waals surface area contributed by atoms with E-state index in [9.17, 15) is 9.90 Å². The van der Waals surface area contributed by atoms with Gasteiger partial charge in [-0.15, -0.1) is 0 Å². The largest absolute Gasteiger partial charge is 0.483 e. The van der Waals surface area contributed by atoms with E-state index in [2.05, 4.69) is 15.3 Å². The van der Waals surface area contributed by atoms with Crippen molar-refractivity contribution in [2.24, 2.45) is 5.41 Å². The third-order valence-corrected chi connectivity index (χ3v) is 4.49. The number of amides is 1. The van der Waals surface area contributed by atoms with E-state index in [4.69, 9.17) is 15.6 Å². The number of piperidine rings is 2. The molecule has 2 aliphatic rings. The number of nitrogens with zero attached hydrogens (tertiary/aromatic N) is 3. The van der Waals surface area contributed by atoms with Crippen LogP contribution in [0.3, 0.4) is 0 Å². The number of hydrogen-bond acceptors (Lipinski definition) is 7. The van der Waals surface area contributed by atoms with Gasteiger partial charge in [-0.25, -0.2) is 9.97 Å². The molecule has 9 heteroatoms. The van der Waals surface area contributed by atoms with E-state index < -0.39 is 11.5 Å². The summed E-state index contributed by atoms with van der Waals surface area (Å²) < 4.78 is 0. The lowest BCUT2D eigenvalue weighted by atomic mass is 9.71. The van der Waals surface area contributed by atoms with E-state index in [0.29, 0.717) is 44.1 Å². The van der Waals surface area contributed by atoms with Crippen molar-refractivity contribution in [3.8, 4) is 0 Å². The summed E-state index contributed by atoms with van der Waals surface area (Å²) in [6.07, 6.45) is 1.54. The third kappa shape index (κ3) is 3.56. The van der Waals surface area contributed by atoms with Gasteiger partial charge in [0.25, 0.3) is 6.47 Å². The maximum atomic E-state index is 12.3. The highest BCUT2D eigenvalue weighted by molar-refractivity contribution is 5.85. The van der Waals surface area contributed by atoms with Crippen LogP contribution in [0, 0.1) is 12.3 Å². The lowest BCUT2D eigenvalue weighted by molar-refractivity contribution is -0.142. The second kappa shape index (κ2) is 7.43. The molecule has 2 saturated heterocycles. The number of aliphatic hydroxyl groups is 1. The number of anilines is 2. The molecule has 24 heavy (non-hydrogen) atoms. The van der Waals surface area contributed by atoms with E-state index in [1.165, 1.54) is 0 Å². The van der Waals surface area contributed by atoms with Gasteiger partial charge in [0, 0.05) is 25.7 Å². The Labute approximate surface area is 139 Å². The number of nitrogen functional groups attached to an aromatic ring is 1. The van der Waals surface area contributed by atoms with E-state index in [0.717, 1.165) is 12.2 Å². The van der Waals surface area contributed by atoms with E-state index in [1.807, 2.05) is 4.90 Å². The number of aryl methyl sites for hydroxylation is 1.